The topological polar surface area (TPSA) is 341 Å². The number of benzene rings is 3. The molecule has 0 unspecified atom stereocenters. The number of nitrogens with one attached hydrogen (secondary N) is 1. The lowest BCUT2D eigenvalue weighted by atomic mass is 9.72. The van der Waals surface area contributed by atoms with Gasteiger partial charge in [0, 0.05) is 42.0 Å². The first-order valence-corrected chi connectivity index (χ1v) is 19.6. The van der Waals surface area contributed by atoms with Crippen molar-refractivity contribution in [3.63, 3.8) is 0 Å². The van der Waals surface area contributed by atoms with E-state index < -0.39 is 155 Å². The number of ether oxygens (including phenoxy) is 6. The third-order valence-corrected chi connectivity index (χ3v) is 11.7. The van der Waals surface area contributed by atoms with Crippen LogP contribution in [-0.4, -0.2) is 144 Å². The van der Waals surface area contributed by atoms with Gasteiger partial charge in [0.05, 0.1) is 53.6 Å². The van der Waals surface area contributed by atoms with Crippen molar-refractivity contribution >= 4 is 29.1 Å². The maximum Gasteiger partial charge on any atom is 0.407 e. The molecule has 7 rings (SSSR count). The molecule has 2 fully saturated rings. The highest BCUT2D eigenvalue weighted by atomic mass is 16.7. The molecule has 2 saturated heterocycles. The lowest BCUT2D eigenvalue weighted by Crippen LogP contribution is -2.60. The van der Waals surface area contributed by atoms with Gasteiger partial charge in [0.25, 0.3) is 0 Å². The van der Waals surface area contributed by atoms with Crippen LogP contribution in [0, 0.1) is 10.1 Å². The van der Waals surface area contributed by atoms with Gasteiger partial charge in [0.2, 0.25) is 12.1 Å². The fourth-order valence-corrected chi connectivity index (χ4v) is 8.29. The SMILES string of the molecule is COc1cccc2c1C(=O)c1c(O)c3c(c(O)c1C2=O)C[C@](O)(C(C)=O)C[C@H]3O[C@H]1C[C@H](NC(=O)OCc2ccc(O[C@@H]3O[C@H](CO)[C@H](O)[C@H](O)[C@H]3O)c([N+](=O)[O-])c2)[C@H](O)[C@H](C)O1. The van der Waals surface area contributed by atoms with Gasteiger partial charge in [-0.1, -0.05) is 18.2 Å². The lowest BCUT2D eigenvalue weighted by Gasteiger charge is -2.42. The van der Waals surface area contributed by atoms with E-state index in [0.29, 0.717) is 0 Å². The summed E-state index contributed by atoms with van der Waals surface area (Å²) in [5, 5.41) is 100. The number of amides is 1. The van der Waals surface area contributed by atoms with Crippen LogP contribution in [0.15, 0.2) is 36.4 Å². The highest BCUT2D eigenvalue weighted by molar-refractivity contribution is 6.31. The predicted molar refractivity (Wildman–Crippen MR) is 207 cm³/mol. The maximum absolute atomic E-state index is 14.0. The van der Waals surface area contributed by atoms with Gasteiger partial charge in [-0.25, -0.2) is 4.79 Å². The third kappa shape index (κ3) is 8.16. The Kier molecular flexibility index (Phi) is 12.5. The number of carbonyl (C=O) groups excluding carboxylic acids is 4. The first-order valence-electron chi connectivity index (χ1n) is 19.6. The van der Waals surface area contributed by atoms with Gasteiger partial charge in [-0.05, 0) is 31.5 Å². The number of aliphatic hydroxyl groups is 6. The van der Waals surface area contributed by atoms with E-state index in [0.717, 1.165) is 19.1 Å². The zero-order valence-electron chi connectivity index (χ0n) is 33.7. The number of nitro benzene ring substituents is 1. The Balaban J connectivity index is 1.08. The van der Waals surface area contributed by atoms with Crippen LogP contribution in [0.4, 0.5) is 10.5 Å². The molecule has 0 bridgehead atoms. The molecule has 2 aliphatic carbocycles. The van der Waals surface area contributed by atoms with Crippen molar-refractivity contribution in [3.05, 3.63) is 85.5 Å². The zero-order valence-corrected chi connectivity index (χ0v) is 33.7. The largest absolute Gasteiger partial charge is 0.507 e. The number of Topliss-reactive ketones (excluding diaryl/α,β-unsaturated/α-hetero) is 1. The maximum atomic E-state index is 14.0. The first kappa shape index (κ1) is 45.2. The van der Waals surface area contributed by atoms with Crippen LogP contribution < -0.4 is 14.8 Å². The molecule has 63 heavy (non-hydrogen) atoms. The second kappa shape index (κ2) is 17.4. The standard InChI is InChI=1S/C41H44N2O20/c1-15-31(46)20(42-40(54)59-14-17-7-8-22(21(9-17)43(56)57)62-39-38(53)37(52)34(49)25(13-44)63-39)10-26(60-15)61-24-12-41(55,16(2)45)11-19-28(24)36(51)30-29(33(19)48)32(47)18-5-4-6-23(58-3)27(18)35(30)50/h4-9,15,20,24-26,31,34,37-39,44,46,48-49,51-53,55H,10-14H2,1-3H3,(H,42,54)/t15-,20-,24+,25+,26-,31+,34-,37-,38+,39+,41+/m0/s1. The van der Waals surface area contributed by atoms with E-state index in [1.54, 1.807) is 0 Å². The molecule has 2 aliphatic heterocycles. The molecule has 9 N–H and O–H groups in total. The second-order valence-electron chi connectivity index (χ2n) is 15.7. The molecule has 0 saturated carbocycles. The van der Waals surface area contributed by atoms with Crippen LogP contribution in [0.5, 0.6) is 23.0 Å². The van der Waals surface area contributed by atoms with Crippen molar-refractivity contribution in [2.24, 2.45) is 0 Å². The molecule has 0 spiro atoms. The fraction of sp³-hybridized carbons (Fsp3) is 0.463. The lowest BCUT2D eigenvalue weighted by molar-refractivity contribution is -0.387. The summed E-state index contributed by atoms with van der Waals surface area (Å²) in [7, 11) is 1.28. The molecule has 22 nitrogen and oxygen atoms in total. The number of carbonyl (C=O) groups is 4. The average Bonchev–Trinajstić information content (AvgIpc) is 3.24. The molecular formula is C41H44N2O20. The van der Waals surface area contributed by atoms with Crippen LogP contribution in [0.1, 0.15) is 81.3 Å². The van der Waals surface area contributed by atoms with Crippen molar-refractivity contribution < 1.29 is 93.4 Å². The molecule has 1 amide bonds. The molecule has 3 aromatic carbocycles. The molecule has 338 valence electrons. The summed E-state index contributed by atoms with van der Waals surface area (Å²) in [6, 6.07) is 6.49. The molecule has 0 radical (unpaired) electrons. The Morgan fingerprint density at radius 1 is 0.952 bits per heavy atom. The van der Waals surface area contributed by atoms with Crippen molar-refractivity contribution in [3.8, 4) is 23.0 Å². The number of ketones is 3. The van der Waals surface area contributed by atoms with Crippen molar-refractivity contribution in [1.82, 2.24) is 5.32 Å². The number of methoxy groups -OCH3 is 1. The van der Waals surface area contributed by atoms with Crippen LogP contribution in [0.3, 0.4) is 0 Å². The first-order chi connectivity index (χ1) is 29.8. The van der Waals surface area contributed by atoms with Crippen LogP contribution >= 0.6 is 0 Å². The second-order valence-corrected chi connectivity index (χ2v) is 15.7. The number of fused-ring (bicyclic) bond motifs is 3. The number of rotatable bonds is 11. The molecule has 0 aromatic heterocycles. The number of aromatic hydroxyl groups is 2. The van der Waals surface area contributed by atoms with Crippen LogP contribution in [0.25, 0.3) is 0 Å². The molecule has 3 aromatic rings. The number of phenols is 2. The minimum absolute atomic E-state index is 0.0334. The van der Waals surface area contributed by atoms with E-state index in [1.165, 1.54) is 38.3 Å². The van der Waals surface area contributed by atoms with E-state index in [1.807, 2.05) is 0 Å². The molecular weight excluding hydrogens is 840 g/mol. The van der Waals surface area contributed by atoms with E-state index in [2.05, 4.69) is 5.32 Å². The average molecular weight is 885 g/mol. The minimum Gasteiger partial charge on any atom is -0.507 e. The Labute approximate surface area is 356 Å². The van der Waals surface area contributed by atoms with Gasteiger partial charge >= 0.3 is 11.8 Å². The zero-order chi connectivity index (χ0) is 45.8. The van der Waals surface area contributed by atoms with Crippen molar-refractivity contribution in [2.75, 3.05) is 13.7 Å². The van der Waals surface area contributed by atoms with Gasteiger partial charge in [-0.15, -0.1) is 0 Å². The number of nitro groups is 1. The van der Waals surface area contributed by atoms with Crippen LogP contribution in [0.2, 0.25) is 0 Å². The van der Waals surface area contributed by atoms with Gasteiger partial charge in [0.15, 0.2) is 23.6 Å². The summed E-state index contributed by atoms with van der Waals surface area (Å²) >= 11 is 0. The summed E-state index contributed by atoms with van der Waals surface area (Å²) in [4.78, 5) is 64.7. The monoisotopic (exact) mass is 884 g/mol. The smallest absolute Gasteiger partial charge is 0.407 e. The number of hydrogen-bond donors (Lipinski definition) is 9. The van der Waals surface area contributed by atoms with Crippen LogP contribution in [-0.2, 0) is 36.8 Å². The van der Waals surface area contributed by atoms with Gasteiger partial charge in [0.1, 0.15) is 60.0 Å². The number of aliphatic hydroxyl groups excluding tert-OH is 5. The predicted octanol–water partition coefficient (Wildman–Crippen LogP) is 0.0835. The van der Waals surface area contributed by atoms with Gasteiger partial charge in [-0.2, -0.15) is 0 Å². The van der Waals surface area contributed by atoms with Crippen molar-refractivity contribution in [1.29, 1.82) is 0 Å². The normalized spacial score (nSPS) is 30.0. The Hall–Kier alpha value is -5.82. The summed E-state index contributed by atoms with van der Waals surface area (Å²) in [5.74, 6) is -4.31. The number of phenolic OH excluding ortho intramolecular Hbond substituents is 2. The highest BCUT2D eigenvalue weighted by Crippen LogP contribution is 2.52. The minimum atomic E-state index is -2.20. The van der Waals surface area contributed by atoms with E-state index in [9.17, 15) is 70.1 Å². The Morgan fingerprint density at radius 3 is 2.33 bits per heavy atom. The van der Waals surface area contributed by atoms with Gasteiger partial charge in [-0.3, -0.25) is 24.5 Å². The highest BCUT2D eigenvalue weighted by Gasteiger charge is 2.50. The molecule has 2 heterocycles. The summed E-state index contributed by atoms with van der Waals surface area (Å²) in [6.45, 7) is 1.23. The summed E-state index contributed by atoms with van der Waals surface area (Å²) in [6.07, 6.45) is -16.1. The molecule has 4 aliphatic rings. The molecule has 11 atom stereocenters. The number of nitrogens with zero attached hydrogens (tertiary/aromatic N) is 1. The molecule has 22 heteroatoms. The number of hydrogen-bond acceptors (Lipinski definition) is 20. The quantitative estimate of drug-likeness (QED) is 0.0547. The number of alkyl carbamates (subject to hydrolysis) is 1. The van der Waals surface area contributed by atoms with E-state index >= 15 is 0 Å². The van der Waals surface area contributed by atoms with E-state index in [4.69, 9.17) is 28.4 Å². The Bertz CT molecular complexity index is 2350. The summed E-state index contributed by atoms with van der Waals surface area (Å²) < 4.78 is 33.4. The third-order valence-electron chi connectivity index (χ3n) is 11.7. The fourth-order valence-electron chi connectivity index (χ4n) is 8.29. The van der Waals surface area contributed by atoms with Crippen molar-refractivity contribution in [2.45, 2.75) is 107 Å². The Morgan fingerprint density at radius 2 is 1.67 bits per heavy atom. The van der Waals surface area contributed by atoms with E-state index in [-0.39, 0.29) is 40.0 Å². The summed E-state index contributed by atoms with van der Waals surface area (Å²) in [5.41, 5.74) is -4.56. The van der Waals surface area contributed by atoms with Gasteiger partial charge < -0.3 is 74.6 Å².